The molecule has 2 fully saturated rings. The smallest absolute Gasteiger partial charge is 0.320 e. The standard InChI is InChI=1S/C16H24N2O3/c1-11-9-14(11)15-4-3-13(21-15)10-17-5-7-18(8-6-17)12(2)16(19)20/h3-4,11-12,14H,5-10H2,1-2H3,(H,19,20). The first-order valence-corrected chi connectivity index (χ1v) is 7.82. The zero-order valence-corrected chi connectivity index (χ0v) is 12.8. The van der Waals surface area contributed by atoms with Crippen molar-refractivity contribution in [3.8, 4) is 0 Å². The van der Waals surface area contributed by atoms with Gasteiger partial charge in [-0.3, -0.25) is 14.6 Å². The van der Waals surface area contributed by atoms with E-state index in [4.69, 9.17) is 9.52 Å². The van der Waals surface area contributed by atoms with Gasteiger partial charge in [-0.05, 0) is 31.4 Å². The Kier molecular flexibility index (Phi) is 4.04. The van der Waals surface area contributed by atoms with Gasteiger partial charge < -0.3 is 9.52 Å². The molecule has 2 aliphatic rings. The van der Waals surface area contributed by atoms with Gasteiger partial charge in [-0.2, -0.15) is 0 Å². The van der Waals surface area contributed by atoms with Crippen LogP contribution in [0.3, 0.4) is 0 Å². The normalized spacial score (nSPS) is 28.5. The Morgan fingerprint density at radius 1 is 1.38 bits per heavy atom. The number of carbonyl (C=O) groups is 1. The van der Waals surface area contributed by atoms with Crippen molar-refractivity contribution >= 4 is 5.97 Å². The second-order valence-corrected chi connectivity index (χ2v) is 6.45. The number of hydrogen-bond acceptors (Lipinski definition) is 4. The lowest BCUT2D eigenvalue weighted by molar-refractivity contribution is -0.143. The number of hydrogen-bond donors (Lipinski definition) is 1. The molecule has 0 aromatic carbocycles. The van der Waals surface area contributed by atoms with Crippen LogP contribution in [0.25, 0.3) is 0 Å². The van der Waals surface area contributed by atoms with Gasteiger partial charge in [0.15, 0.2) is 0 Å². The van der Waals surface area contributed by atoms with E-state index in [0.29, 0.717) is 5.92 Å². The first-order valence-electron chi connectivity index (χ1n) is 7.82. The van der Waals surface area contributed by atoms with E-state index < -0.39 is 12.0 Å². The lowest BCUT2D eigenvalue weighted by atomic mass is 10.2. The summed E-state index contributed by atoms with van der Waals surface area (Å²) in [5, 5.41) is 9.05. The number of aliphatic carboxylic acids is 1. The molecule has 1 aliphatic carbocycles. The van der Waals surface area contributed by atoms with Crippen molar-refractivity contribution in [1.82, 2.24) is 9.80 Å². The molecule has 1 N–H and O–H groups in total. The Bertz CT molecular complexity index is 505. The highest BCUT2D eigenvalue weighted by molar-refractivity contribution is 5.72. The fourth-order valence-electron chi connectivity index (χ4n) is 3.08. The predicted molar refractivity (Wildman–Crippen MR) is 79.2 cm³/mol. The molecule has 0 bridgehead atoms. The summed E-state index contributed by atoms with van der Waals surface area (Å²) in [4.78, 5) is 15.4. The highest BCUT2D eigenvalue weighted by atomic mass is 16.4. The summed E-state index contributed by atoms with van der Waals surface area (Å²) < 4.78 is 5.94. The molecule has 1 aliphatic heterocycles. The second kappa shape index (κ2) is 5.81. The summed E-state index contributed by atoms with van der Waals surface area (Å²) in [5.41, 5.74) is 0. The van der Waals surface area contributed by atoms with Gasteiger partial charge in [0.2, 0.25) is 0 Å². The molecule has 0 amide bonds. The molecule has 3 atom stereocenters. The van der Waals surface area contributed by atoms with Crippen LogP contribution in [0.2, 0.25) is 0 Å². The molecule has 1 aromatic rings. The fraction of sp³-hybridized carbons (Fsp3) is 0.688. The van der Waals surface area contributed by atoms with E-state index in [1.165, 1.54) is 6.42 Å². The highest BCUT2D eigenvalue weighted by Gasteiger charge is 2.36. The van der Waals surface area contributed by atoms with Gasteiger partial charge in [-0.15, -0.1) is 0 Å². The molecule has 21 heavy (non-hydrogen) atoms. The van der Waals surface area contributed by atoms with E-state index in [2.05, 4.69) is 24.0 Å². The van der Waals surface area contributed by atoms with E-state index >= 15 is 0 Å². The van der Waals surface area contributed by atoms with Crippen molar-refractivity contribution < 1.29 is 14.3 Å². The van der Waals surface area contributed by atoms with Crippen LogP contribution in [0.1, 0.15) is 37.7 Å². The van der Waals surface area contributed by atoms with Crippen molar-refractivity contribution in [1.29, 1.82) is 0 Å². The molecule has 1 saturated carbocycles. The average molecular weight is 292 g/mol. The molecule has 1 saturated heterocycles. The maximum atomic E-state index is 11.0. The van der Waals surface area contributed by atoms with E-state index in [9.17, 15) is 4.79 Å². The largest absolute Gasteiger partial charge is 0.480 e. The molecule has 1 aromatic heterocycles. The number of carboxylic acids is 1. The summed E-state index contributed by atoms with van der Waals surface area (Å²) >= 11 is 0. The number of piperazine rings is 1. The van der Waals surface area contributed by atoms with Crippen LogP contribution in [0.15, 0.2) is 16.5 Å². The molecular weight excluding hydrogens is 268 g/mol. The van der Waals surface area contributed by atoms with E-state index in [1.807, 2.05) is 4.90 Å². The molecule has 2 heterocycles. The Morgan fingerprint density at radius 3 is 2.62 bits per heavy atom. The van der Waals surface area contributed by atoms with Crippen LogP contribution in [-0.2, 0) is 11.3 Å². The zero-order chi connectivity index (χ0) is 15.0. The van der Waals surface area contributed by atoms with Gasteiger partial charge in [0.1, 0.15) is 17.6 Å². The van der Waals surface area contributed by atoms with Crippen LogP contribution in [-0.4, -0.2) is 53.1 Å². The van der Waals surface area contributed by atoms with Crippen molar-refractivity contribution in [3.05, 3.63) is 23.7 Å². The molecule has 5 heteroatoms. The molecule has 5 nitrogen and oxygen atoms in total. The second-order valence-electron chi connectivity index (χ2n) is 6.45. The minimum atomic E-state index is -0.738. The van der Waals surface area contributed by atoms with E-state index in [-0.39, 0.29) is 0 Å². The molecule has 3 rings (SSSR count). The van der Waals surface area contributed by atoms with Crippen molar-refractivity contribution in [2.45, 2.75) is 38.8 Å². The molecular formula is C16H24N2O3. The highest BCUT2D eigenvalue weighted by Crippen LogP contribution is 2.47. The van der Waals surface area contributed by atoms with E-state index in [0.717, 1.165) is 50.2 Å². The minimum absolute atomic E-state index is 0.390. The van der Waals surface area contributed by atoms with Crippen LogP contribution >= 0.6 is 0 Å². The predicted octanol–water partition coefficient (Wildman–Crippen LogP) is 1.99. The third-order valence-electron chi connectivity index (χ3n) is 4.85. The quantitative estimate of drug-likeness (QED) is 0.899. The number of rotatable bonds is 5. The van der Waals surface area contributed by atoms with Crippen molar-refractivity contribution in [3.63, 3.8) is 0 Å². The maximum absolute atomic E-state index is 11.0. The summed E-state index contributed by atoms with van der Waals surface area (Å²) in [6.45, 7) is 8.25. The molecule has 0 radical (unpaired) electrons. The Balaban J connectivity index is 1.49. The topological polar surface area (TPSA) is 56.9 Å². The van der Waals surface area contributed by atoms with Gasteiger partial charge in [-0.1, -0.05) is 6.92 Å². The number of carboxylic acid groups (broad SMARTS) is 1. The van der Waals surface area contributed by atoms with Gasteiger partial charge in [0, 0.05) is 32.1 Å². The SMILES string of the molecule is CC1CC1c1ccc(CN2CCN(C(C)C(=O)O)CC2)o1. The Labute approximate surface area is 125 Å². The lowest BCUT2D eigenvalue weighted by Gasteiger charge is -2.36. The van der Waals surface area contributed by atoms with Gasteiger partial charge in [-0.25, -0.2) is 0 Å². The summed E-state index contributed by atoms with van der Waals surface area (Å²) in [6.07, 6.45) is 1.25. The number of nitrogens with zero attached hydrogens (tertiary/aromatic N) is 2. The molecule has 116 valence electrons. The Hall–Kier alpha value is -1.33. The van der Waals surface area contributed by atoms with Gasteiger partial charge in [0.25, 0.3) is 0 Å². The summed E-state index contributed by atoms with van der Waals surface area (Å²) in [6, 6.07) is 3.82. The first-order chi connectivity index (χ1) is 10.0. The first kappa shape index (κ1) is 14.6. The maximum Gasteiger partial charge on any atom is 0.320 e. The number of furan rings is 1. The summed E-state index contributed by atoms with van der Waals surface area (Å²) in [7, 11) is 0. The zero-order valence-electron chi connectivity index (χ0n) is 12.8. The van der Waals surface area contributed by atoms with Crippen molar-refractivity contribution in [2.75, 3.05) is 26.2 Å². The third-order valence-corrected chi connectivity index (χ3v) is 4.85. The fourth-order valence-corrected chi connectivity index (χ4v) is 3.08. The monoisotopic (exact) mass is 292 g/mol. The van der Waals surface area contributed by atoms with Crippen molar-refractivity contribution in [2.24, 2.45) is 5.92 Å². The van der Waals surface area contributed by atoms with E-state index in [1.54, 1.807) is 6.92 Å². The van der Waals surface area contributed by atoms with Crippen LogP contribution < -0.4 is 0 Å². The van der Waals surface area contributed by atoms with Gasteiger partial charge >= 0.3 is 5.97 Å². The lowest BCUT2D eigenvalue weighted by Crippen LogP contribution is -2.51. The van der Waals surface area contributed by atoms with Crippen LogP contribution in [0, 0.1) is 5.92 Å². The summed E-state index contributed by atoms with van der Waals surface area (Å²) in [5.74, 6) is 2.83. The minimum Gasteiger partial charge on any atom is -0.480 e. The molecule has 3 unspecified atom stereocenters. The Morgan fingerprint density at radius 2 is 2.05 bits per heavy atom. The van der Waals surface area contributed by atoms with Crippen LogP contribution in [0.4, 0.5) is 0 Å². The van der Waals surface area contributed by atoms with Crippen LogP contribution in [0.5, 0.6) is 0 Å². The average Bonchev–Trinajstić information content (AvgIpc) is 3.02. The third kappa shape index (κ3) is 3.30. The van der Waals surface area contributed by atoms with Gasteiger partial charge in [0.05, 0.1) is 6.54 Å². The molecule has 0 spiro atoms.